The molecule has 2 nitrogen and oxygen atoms in total. The van der Waals surface area contributed by atoms with Gasteiger partial charge in [-0.05, 0) is 26.2 Å². The van der Waals surface area contributed by atoms with Crippen molar-refractivity contribution < 1.29 is 0 Å². The molecule has 0 saturated heterocycles. The summed E-state index contributed by atoms with van der Waals surface area (Å²) in [5, 5.41) is 1.73. The monoisotopic (exact) mass is 182 g/mol. The van der Waals surface area contributed by atoms with Crippen LogP contribution in [0.2, 0.25) is 0 Å². The lowest BCUT2D eigenvalue weighted by Gasteiger charge is -2.09. The van der Waals surface area contributed by atoms with Crippen LogP contribution in [0.5, 0.6) is 0 Å². The fourth-order valence-corrected chi connectivity index (χ4v) is 1.09. The molecule has 0 aromatic heterocycles. The van der Waals surface area contributed by atoms with Crippen LogP contribution in [0.4, 0.5) is 0 Å². The van der Waals surface area contributed by atoms with Crippen molar-refractivity contribution in [2.45, 2.75) is 32.6 Å². The lowest BCUT2D eigenvalue weighted by molar-refractivity contribution is 0.338. The summed E-state index contributed by atoms with van der Waals surface area (Å²) in [7, 11) is 1.90. The van der Waals surface area contributed by atoms with E-state index in [4.69, 9.17) is 5.84 Å². The van der Waals surface area contributed by atoms with Crippen molar-refractivity contribution >= 4 is 0 Å². The van der Waals surface area contributed by atoms with Gasteiger partial charge in [-0.25, -0.2) is 0 Å². The Bertz CT molecular complexity index is 171. The molecular formula is C11H22N2. The highest BCUT2D eigenvalue weighted by atomic mass is 15.4. The first kappa shape index (κ1) is 12.4. The number of allylic oxidation sites excluding steroid dienone is 2. The van der Waals surface area contributed by atoms with Crippen molar-refractivity contribution in [2.24, 2.45) is 5.84 Å². The van der Waals surface area contributed by atoms with Crippen LogP contribution in [0, 0.1) is 0 Å². The molecule has 0 atom stereocenters. The van der Waals surface area contributed by atoms with Gasteiger partial charge in [0.1, 0.15) is 0 Å². The van der Waals surface area contributed by atoms with E-state index in [2.05, 4.69) is 13.2 Å². The van der Waals surface area contributed by atoms with Crippen LogP contribution >= 0.6 is 0 Å². The Morgan fingerprint density at radius 3 is 2.31 bits per heavy atom. The van der Waals surface area contributed by atoms with Crippen LogP contribution in [0.25, 0.3) is 0 Å². The number of unbranched alkanes of at least 4 members (excludes halogenated alkanes) is 2. The minimum absolute atomic E-state index is 0.972. The minimum atomic E-state index is 0.972. The van der Waals surface area contributed by atoms with E-state index < -0.39 is 0 Å². The van der Waals surface area contributed by atoms with E-state index in [-0.39, 0.29) is 0 Å². The van der Waals surface area contributed by atoms with Crippen LogP contribution in [-0.2, 0) is 0 Å². The Kier molecular flexibility index (Phi) is 6.55. The molecular weight excluding hydrogens is 160 g/mol. The maximum Gasteiger partial charge on any atom is 0.0125 e. The highest BCUT2D eigenvalue weighted by Gasteiger charge is 1.95. The van der Waals surface area contributed by atoms with Gasteiger partial charge >= 0.3 is 0 Å². The number of hydrogen-bond acceptors (Lipinski definition) is 2. The molecule has 2 N–H and O–H groups in total. The van der Waals surface area contributed by atoms with Crippen molar-refractivity contribution in [2.75, 3.05) is 13.6 Å². The predicted octanol–water partition coefficient (Wildman–Crippen LogP) is 2.48. The summed E-state index contributed by atoms with van der Waals surface area (Å²) in [6.45, 7) is 10.8. The molecule has 0 aliphatic carbocycles. The number of nitrogens with two attached hydrogens (primary N) is 1. The first-order valence-corrected chi connectivity index (χ1v) is 4.83. The molecule has 0 bridgehead atoms. The second kappa shape index (κ2) is 6.87. The second-order valence-electron chi connectivity index (χ2n) is 3.68. The Morgan fingerprint density at radius 1 is 1.23 bits per heavy atom. The largest absolute Gasteiger partial charge is 0.269 e. The predicted molar refractivity (Wildman–Crippen MR) is 59.2 cm³/mol. The third-order valence-corrected chi connectivity index (χ3v) is 2.09. The molecule has 0 rings (SSSR count). The molecule has 0 aliphatic rings. The van der Waals surface area contributed by atoms with Crippen molar-refractivity contribution in [1.29, 1.82) is 0 Å². The van der Waals surface area contributed by atoms with Crippen molar-refractivity contribution in [1.82, 2.24) is 5.01 Å². The zero-order valence-electron chi connectivity index (χ0n) is 8.97. The van der Waals surface area contributed by atoms with Gasteiger partial charge in [0.15, 0.2) is 0 Å². The van der Waals surface area contributed by atoms with Gasteiger partial charge in [0.2, 0.25) is 0 Å². The van der Waals surface area contributed by atoms with Crippen molar-refractivity contribution in [3.8, 4) is 0 Å². The first-order chi connectivity index (χ1) is 6.04. The highest BCUT2D eigenvalue weighted by Crippen LogP contribution is 2.13. The Labute approximate surface area is 82.1 Å². The van der Waals surface area contributed by atoms with Crippen molar-refractivity contribution in [3.05, 3.63) is 24.3 Å². The van der Waals surface area contributed by atoms with Gasteiger partial charge in [0, 0.05) is 13.6 Å². The van der Waals surface area contributed by atoms with Crippen LogP contribution < -0.4 is 5.84 Å². The molecule has 76 valence electrons. The van der Waals surface area contributed by atoms with Crippen LogP contribution in [0.15, 0.2) is 24.3 Å². The number of rotatable bonds is 7. The second-order valence-corrected chi connectivity index (χ2v) is 3.68. The quantitative estimate of drug-likeness (QED) is 0.284. The Balaban J connectivity index is 3.26. The summed E-state index contributed by atoms with van der Waals surface area (Å²) < 4.78 is 0. The van der Waals surface area contributed by atoms with Crippen LogP contribution in [0.3, 0.4) is 0 Å². The van der Waals surface area contributed by atoms with Gasteiger partial charge in [0.25, 0.3) is 0 Å². The molecule has 0 radical (unpaired) electrons. The van der Waals surface area contributed by atoms with Crippen LogP contribution in [0.1, 0.15) is 32.6 Å². The van der Waals surface area contributed by atoms with Gasteiger partial charge in [-0.1, -0.05) is 30.7 Å². The smallest absolute Gasteiger partial charge is 0.0125 e. The van der Waals surface area contributed by atoms with E-state index in [1.165, 1.54) is 18.4 Å². The summed E-state index contributed by atoms with van der Waals surface area (Å²) in [4.78, 5) is 0. The van der Waals surface area contributed by atoms with E-state index in [0.29, 0.717) is 0 Å². The van der Waals surface area contributed by atoms with Gasteiger partial charge < -0.3 is 0 Å². The normalized spacial score (nSPS) is 10.5. The van der Waals surface area contributed by atoms with Gasteiger partial charge in [-0.2, -0.15) is 0 Å². The summed E-state index contributed by atoms with van der Waals surface area (Å²) in [5.41, 5.74) is 2.29. The third-order valence-electron chi connectivity index (χ3n) is 2.09. The fraction of sp³-hybridized carbons (Fsp3) is 0.636. The topological polar surface area (TPSA) is 29.3 Å². The average Bonchev–Trinajstić information content (AvgIpc) is 2.02. The first-order valence-electron chi connectivity index (χ1n) is 4.83. The fourth-order valence-electron chi connectivity index (χ4n) is 1.09. The highest BCUT2D eigenvalue weighted by molar-refractivity contribution is 5.22. The SMILES string of the molecule is C=C(C)C(=C)CCCCCN(C)N. The molecule has 2 heteroatoms. The summed E-state index contributed by atoms with van der Waals surface area (Å²) in [5.74, 6) is 5.48. The lowest BCUT2D eigenvalue weighted by Crippen LogP contribution is -2.26. The molecule has 0 heterocycles. The Hall–Kier alpha value is -0.600. The van der Waals surface area contributed by atoms with E-state index in [0.717, 1.165) is 25.0 Å². The zero-order valence-corrected chi connectivity index (χ0v) is 8.97. The molecule has 0 amide bonds. The Morgan fingerprint density at radius 2 is 1.85 bits per heavy atom. The van der Waals surface area contributed by atoms with Gasteiger partial charge in [0.05, 0.1) is 0 Å². The molecule has 0 saturated carbocycles. The zero-order chi connectivity index (χ0) is 10.3. The lowest BCUT2D eigenvalue weighted by atomic mass is 10.0. The molecule has 13 heavy (non-hydrogen) atoms. The molecule has 0 spiro atoms. The van der Waals surface area contributed by atoms with Gasteiger partial charge in [-0.3, -0.25) is 10.9 Å². The number of nitrogens with zero attached hydrogens (tertiary/aromatic N) is 1. The van der Waals surface area contributed by atoms with E-state index >= 15 is 0 Å². The number of hydrogen-bond donors (Lipinski definition) is 1. The van der Waals surface area contributed by atoms with Gasteiger partial charge in [-0.15, -0.1) is 0 Å². The minimum Gasteiger partial charge on any atom is -0.269 e. The van der Waals surface area contributed by atoms with E-state index in [1.54, 1.807) is 5.01 Å². The maximum atomic E-state index is 5.48. The molecule has 0 fully saturated rings. The van der Waals surface area contributed by atoms with E-state index in [9.17, 15) is 0 Å². The molecule has 0 unspecified atom stereocenters. The standard InChI is InChI=1S/C11H22N2/c1-10(2)11(3)8-6-5-7-9-13(4)12/h1,3,5-9,12H2,2,4H3. The molecule has 0 aromatic rings. The van der Waals surface area contributed by atoms with Crippen molar-refractivity contribution in [3.63, 3.8) is 0 Å². The number of hydrazine groups is 1. The summed E-state index contributed by atoms with van der Waals surface area (Å²) in [6.07, 6.45) is 4.65. The maximum absolute atomic E-state index is 5.48. The third kappa shape index (κ3) is 7.75. The average molecular weight is 182 g/mol. The molecule has 0 aliphatic heterocycles. The van der Waals surface area contributed by atoms with Crippen LogP contribution in [-0.4, -0.2) is 18.6 Å². The molecule has 0 aromatic carbocycles. The summed E-state index contributed by atoms with van der Waals surface area (Å²) >= 11 is 0. The van der Waals surface area contributed by atoms with E-state index in [1.807, 2.05) is 14.0 Å². The summed E-state index contributed by atoms with van der Waals surface area (Å²) in [6, 6.07) is 0.